The fraction of sp³-hybridized carbons (Fsp3) is 0.100. The first kappa shape index (κ1) is 10.3. The van der Waals surface area contributed by atoms with Crippen LogP contribution in [-0.2, 0) is 6.54 Å². The molecule has 1 heterocycles. The highest BCUT2D eigenvalue weighted by Gasteiger charge is 2.01. The lowest BCUT2D eigenvalue weighted by Gasteiger charge is -1.99. The molecule has 0 saturated heterocycles. The third kappa shape index (κ3) is 2.25. The molecule has 0 bridgehead atoms. The number of hydrogen-bond donors (Lipinski definition) is 1. The van der Waals surface area contributed by atoms with Gasteiger partial charge in [-0.15, -0.1) is 0 Å². The third-order valence-corrected chi connectivity index (χ3v) is 2.40. The van der Waals surface area contributed by atoms with E-state index in [0.29, 0.717) is 12.2 Å². The molecule has 0 atom stereocenters. The standard InChI is InChI=1S/C10H9Cl2N3/c11-10(12)3-4-15-9-5-8(13)2-1-7(9)6-14-15/h1-3,5-6H,4,13H2. The van der Waals surface area contributed by atoms with Crippen molar-refractivity contribution in [2.45, 2.75) is 6.54 Å². The number of benzene rings is 1. The second kappa shape index (κ2) is 4.13. The van der Waals surface area contributed by atoms with Crippen LogP contribution in [-0.4, -0.2) is 9.78 Å². The van der Waals surface area contributed by atoms with Crippen LogP contribution in [0, 0.1) is 0 Å². The van der Waals surface area contributed by atoms with Gasteiger partial charge in [-0.05, 0) is 24.3 Å². The van der Waals surface area contributed by atoms with Gasteiger partial charge in [-0.1, -0.05) is 23.2 Å². The van der Waals surface area contributed by atoms with E-state index in [4.69, 9.17) is 28.9 Å². The lowest BCUT2D eigenvalue weighted by atomic mass is 10.2. The Hall–Kier alpha value is -1.19. The quantitative estimate of drug-likeness (QED) is 0.822. The van der Waals surface area contributed by atoms with Crippen molar-refractivity contribution in [3.05, 3.63) is 35.0 Å². The van der Waals surface area contributed by atoms with Crippen LogP contribution in [0.2, 0.25) is 0 Å². The van der Waals surface area contributed by atoms with Crippen LogP contribution in [0.3, 0.4) is 0 Å². The zero-order valence-electron chi connectivity index (χ0n) is 7.82. The van der Waals surface area contributed by atoms with E-state index in [2.05, 4.69) is 5.10 Å². The van der Waals surface area contributed by atoms with Crippen molar-refractivity contribution in [3.8, 4) is 0 Å². The first-order chi connectivity index (χ1) is 7.16. The van der Waals surface area contributed by atoms with Gasteiger partial charge in [-0.25, -0.2) is 0 Å². The van der Waals surface area contributed by atoms with E-state index in [1.807, 2.05) is 18.2 Å². The molecule has 0 aliphatic heterocycles. The minimum atomic E-state index is 0.238. The van der Waals surface area contributed by atoms with Crippen LogP contribution in [0.1, 0.15) is 0 Å². The summed E-state index contributed by atoms with van der Waals surface area (Å²) in [5, 5.41) is 5.25. The predicted octanol–water partition coefficient (Wildman–Crippen LogP) is 2.94. The van der Waals surface area contributed by atoms with Gasteiger partial charge in [0, 0.05) is 11.1 Å². The molecule has 0 spiro atoms. The fourth-order valence-electron chi connectivity index (χ4n) is 1.39. The molecule has 2 N–H and O–H groups in total. The number of nitrogens with two attached hydrogens (primary N) is 1. The highest BCUT2D eigenvalue weighted by Crippen LogP contribution is 2.17. The average molecular weight is 242 g/mol. The molecule has 1 aromatic heterocycles. The lowest BCUT2D eigenvalue weighted by molar-refractivity contribution is 0.728. The first-order valence-corrected chi connectivity index (χ1v) is 5.14. The molecule has 2 rings (SSSR count). The van der Waals surface area contributed by atoms with E-state index in [-0.39, 0.29) is 4.49 Å². The summed E-state index contributed by atoms with van der Waals surface area (Å²) in [5.74, 6) is 0. The summed E-state index contributed by atoms with van der Waals surface area (Å²) in [6.45, 7) is 0.537. The van der Waals surface area contributed by atoms with Crippen molar-refractivity contribution in [1.29, 1.82) is 0 Å². The van der Waals surface area contributed by atoms with E-state index in [1.165, 1.54) is 0 Å². The number of nitrogen functional groups attached to an aromatic ring is 1. The summed E-state index contributed by atoms with van der Waals surface area (Å²) in [6.07, 6.45) is 3.46. The molecule has 0 unspecified atom stereocenters. The minimum Gasteiger partial charge on any atom is -0.399 e. The molecule has 0 aliphatic carbocycles. The van der Waals surface area contributed by atoms with E-state index in [0.717, 1.165) is 10.9 Å². The largest absolute Gasteiger partial charge is 0.399 e. The molecule has 15 heavy (non-hydrogen) atoms. The highest BCUT2D eigenvalue weighted by molar-refractivity contribution is 6.55. The molecule has 0 amide bonds. The van der Waals surface area contributed by atoms with Gasteiger partial charge in [-0.2, -0.15) is 5.10 Å². The molecule has 0 fully saturated rings. The van der Waals surface area contributed by atoms with E-state index < -0.39 is 0 Å². The molecule has 3 nitrogen and oxygen atoms in total. The molecule has 1 aromatic carbocycles. The van der Waals surface area contributed by atoms with Gasteiger partial charge in [0.05, 0.1) is 18.3 Å². The Bertz CT molecular complexity index is 512. The Balaban J connectivity index is 2.43. The zero-order chi connectivity index (χ0) is 10.8. The van der Waals surface area contributed by atoms with Gasteiger partial charge in [-0.3, -0.25) is 4.68 Å². The normalized spacial score (nSPS) is 10.5. The first-order valence-electron chi connectivity index (χ1n) is 4.39. The zero-order valence-corrected chi connectivity index (χ0v) is 9.33. The van der Waals surface area contributed by atoms with Gasteiger partial charge in [0.1, 0.15) is 4.49 Å². The van der Waals surface area contributed by atoms with Crippen molar-refractivity contribution in [2.24, 2.45) is 0 Å². The molecule has 0 aliphatic rings. The van der Waals surface area contributed by atoms with Gasteiger partial charge in [0.15, 0.2) is 0 Å². The Morgan fingerprint density at radius 3 is 3.00 bits per heavy atom. The van der Waals surface area contributed by atoms with Crippen LogP contribution in [0.25, 0.3) is 10.9 Å². The third-order valence-electron chi connectivity index (χ3n) is 2.09. The van der Waals surface area contributed by atoms with Gasteiger partial charge in [0.2, 0.25) is 0 Å². The Kier molecular flexibility index (Phi) is 2.84. The predicted molar refractivity (Wildman–Crippen MR) is 63.9 cm³/mol. The fourth-order valence-corrected chi connectivity index (χ4v) is 1.53. The van der Waals surface area contributed by atoms with Gasteiger partial charge in [0.25, 0.3) is 0 Å². The number of nitrogens with zero attached hydrogens (tertiary/aromatic N) is 2. The minimum absolute atomic E-state index is 0.238. The summed E-state index contributed by atoms with van der Waals surface area (Å²) in [5.41, 5.74) is 7.39. The number of aromatic nitrogens is 2. The summed E-state index contributed by atoms with van der Waals surface area (Å²) < 4.78 is 2.03. The lowest BCUT2D eigenvalue weighted by Crippen LogP contribution is -1.97. The number of anilines is 1. The van der Waals surface area contributed by atoms with E-state index in [1.54, 1.807) is 17.0 Å². The van der Waals surface area contributed by atoms with Crippen LogP contribution in [0.15, 0.2) is 35.0 Å². The number of halogens is 2. The van der Waals surface area contributed by atoms with Gasteiger partial charge >= 0.3 is 0 Å². The van der Waals surface area contributed by atoms with Crippen molar-refractivity contribution < 1.29 is 0 Å². The maximum absolute atomic E-state index is 5.70. The van der Waals surface area contributed by atoms with Crippen LogP contribution in [0.4, 0.5) is 5.69 Å². The number of rotatable bonds is 2. The SMILES string of the molecule is Nc1ccc2cnn(CC=C(Cl)Cl)c2c1. The Labute approximate surface area is 97.1 Å². The average Bonchev–Trinajstić information content (AvgIpc) is 2.57. The smallest absolute Gasteiger partial charge is 0.104 e. The molecule has 78 valence electrons. The highest BCUT2D eigenvalue weighted by atomic mass is 35.5. The topological polar surface area (TPSA) is 43.8 Å². The second-order valence-corrected chi connectivity index (χ2v) is 4.15. The molecular formula is C10H9Cl2N3. The van der Waals surface area contributed by atoms with Crippen molar-refractivity contribution in [3.63, 3.8) is 0 Å². The monoisotopic (exact) mass is 241 g/mol. The Morgan fingerprint density at radius 2 is 2.27 bits per heavy atom. The molecule has 5 heteroatoms. The van der Waals surface area contributed by atoms with E-state index in [9.17, 15) is 0 Å². The molecular weight excluding hydrogens is 233 g/mol. The van der Waals surface area contributed by atoms with Crippen molar-refractivity contribution >= 4 is 39.8 Å². The maximum atomic E-state index is 5.70. The van der Waals surface area contributed by atoms with Crippen LogP contribution < -0.4 is 5.73 Å². The number of allylic oxidation sites excluding steroid dienone is 1. The second-order valence-electron chi connectivity index (χ2n) is 3.14. The van der Waals surface area contributed by atoms with Crippen molar-refractivity contribution in [1.82, 2.24) is 9.78 Å². The maximum Gasteiger partial charge on any atom is 0.104 e. The number of fused-ring (bicyclic) bond motifs is 1. The summed E-state index contributed by atoms with van der Waals surface area (Å²) >= 11 is 11.1. The summed E-state index contributed by atoms with van der Waals surface area (Å²) in [4.78, 5) is 0. The van der Waals surface area contributed by atoms with Crippen molar-refractivity contribution in [2.75, 3.05) is 5.73 Å². The van der Waals surface area contributed by atoms with Crippen LogP contribution in [0.5, 0.6) is 0 Å². The molecule has 2 aromatic rings. The summed E-state index contributed by atoms with van der Waals surface area (Å²) in [7, 11) is 0. The van der Waals surface area contributed by atoms with E-state index >= 15 is 0 Å². The van der Waals surface area contributed by atoms with Gasteiger partial charge < -0.3 is 5.73 Å². The summed E-state index contributed by atoms with van der Waals surface area (Å²) in [6, 6.07) is 5.65. The molecule has 0 radical (unpaired) electrons. The number of hydrogen-bond acceptors (Lipinski definition) is 2. The van der Waals surface area contributed by atoms with Crippen LogP contribution >= 0.6 is 23.2 Å². The molecule has 0 saturated carbocycles. The Morgan fingerprint density at radius 1 is 1.47 bits per heavy atom.